The second-order valence-electron chi connectivity index (χ2n) is 4.50. The molecule has 0 rings (SSSR count). The minimum absolute atomic E-state index is 0.327. The first-order valence-corrected chi connectivity index (χ1v) is 7.04. The Kier molecular flexibility index (Phi) is 17.1. The van der Waals surface area contributed by atoms with Crippen LogP contribution in [0.15, 0.2) is 0 Å². The normalized spacial score (nSPS) is 11.5. The number of hydrogen-bond acceptors (Lipinski definition) is 2. The first-order valence-electron chi connectivity index (χ1n) is 7.04. The molecule has 0 amide bonds. The van der Waals surface area contributed by atoms with Crippen LogP contribution >= 0.6 is 0 Å². The largest absolute Gasteiger partial charge is 0.481 e. The Morgan fingerprint density at radius 2 is 1.71 bits per heavy atom. The van der Waals surface area contributed by atoms with E-state index in [4.69, 9.17) is 10.8 Å². The average Bonchev–Trinajstić information content (AvgIpc) is 2.31. The second kappa shape index (κ2) is 15.4. The van der Waals surface area contributed by atoms with Gasteiger partial charge in [0.25, 0.3) is 0 Å². The summed E-state index contributed by atoms with van der Waals surface area (Å²) in [5, 5.41) is 8.14. The number of aliphatic carboxylic acids is 1. The van der Waals surface area contributed by atoms with Crippen LogP contribution < -0.4 is 5.73 Å². The summed E-state index contributed by atoms with van der Waals surface area (Å²) < 4.78 is 0. The van der Waals surface area contributed by atoms with Crippen molar-refractivity contribution < 1.29 is 9.90 Å². The van der Waals surface area contributed by atoms with E-state index in [1.165, 1.54) is 25.7 Å². The quantitative estimate of drug-likeness (QED) is 0.607. The van der Waals surface area contributed by atoms with Crippen LogP contribution in [0.25, 0.3) is 0 Å². The van der Waals surface area contributed by atoms with Gasteiger partial charge in [0.05, 0.1) is 0 Å². The Morgan fingerprint density at radius 1 is 1.12 bits per heavy atom. The van der Waals surface area contributed by atoms with Crippen LogP contribution in [-0.2, 0) is 4.79 Å². The minimum Gasteiger partial charge on any atom is -0.481 e. The second-order valence-corrected chi connectivity index (χ2v) is 4.50. The molecule has 3 heteroatoms. The van der Waals surface area contributed by atoms with Gasteiger partial charge in [-0.25, -0.2) is 0 Å². The Morgan fingerprint density at radius 3 is 2.06 bits per heavy atom. The van der Waals surface area contributed by atoms with E-state index in [1.54, 1.807) is 0 Å². The molecule has 0 aromatic rings. The molecule has 0 spiro atoms. The first kappa shape index (κ1) is 18.8. The number of carbonyl (C=O) groups is 1. The molecule has 1 atom stereocenters. The van der Waals surface area contributed by atoms with E-state index in [0.29, 0.717) is 6.42 Å². The predicted molar refractivity (Wildman–Crippen MR) is 74.1 cm³/mol. The molecular weight excluding hydrogens is 214 g/mol. The van der Waals surface area contributed by atoms with Crippen molar-refractivity contribution >= 4 is 5.97 Å². The third kappa shape index (κ3) is 18.0. The van der Waals surface area contributed by atoms with Crippen LogP contribution in [-0.4, -0.2) is 17.6 Å². The zero-order valence-electron chi connectivity index (χ0n) is 11.9. The van der Waals surface area contributed by atoms with Gasteiger partial charge in [-0.1, -0.05) is 52.9 Å². The summed E-state index contributed by atoms with van der Waals surface area (Å²) in [7, 11) is 0. The van der Waals surface area contributed by atoms with Crippen LogP contribution in [0.3, 0.4) is 0 Å². The SMILES string of the molecule is CCCCC(CC)CN.CCCCCC(=O)O. The lowest BCUT2D eigenvalue weighted by Gasteiger charge is -2.09. The van der Waals surface area contributed by atoms with Crippen molar-refractivity contribution in [1.29, 1.82) is 0 Å². The number of nitrogens with two attached hydrogens (primary N) is 1. The summed E-state index contributed by atoms with van der Waals surface area (Å²) in [6.45, 7) is 7.37. The van der Waals surface area contributed by atoms with Crippen LogP contribution in [0.1, 0.15) is 72.1 Å². The molecule has 17 heavy (non-hydrogen) atoms. The molecule has 0 heterocycles. The fraction of sp³-hybridized carbons (Fsp3) is 0.929. The smallest absolute Gasteiger partial charge is 0.303 e. The van der Waals surface area contributed by atoms with Gasteiger partial charge in [0, 0.05) is 6.42 Å². The molecule has 0 aliphatic carbocycles. The highest BCUT2D eigenvalue weighted by Crippen LogP contribution is 2.09. The monoisotopic (exact) mass is 245 g/mol. The molecule has 104 valence electrons. The van der Waals surface area contributed by atoms with E-state index >= 15 is 0 Å². The molecule has 0 aromatic heterocycles. The lowest BCUT2D eigenvalue weighted by Crippen LogP contribution is -2.12. The number of carboxylic acids is 1. The summed E-state index contributed by atoms with van der Waals surface area (Å²) in [6.07, 6.45) is 8.49. The third-order valence-corrected chi connectivity index (χ3v) is 2.87. The van der Waals surface area contributed by atoms with Crippen LogP contribution in [0, 0.1) is 5.92 Å². The molecule has 0 bridgehead atoms. The summed E-state index contributed by atoms with van der Waals surface area (Å²) in [5.41, 5.74) is 5.52. The molecule has 0 radical (unpaired) electrons. The van der Waals surface area contributed by atoms with Crippen LogP contribution in [0.4, 0.5) is 0 Å². The zero-order chi connectivity index (χ0) is 13.5. The minimum atomic E-state index is -0.682. The maximum atomic E-state index is 9.87. The van der Waals surface area contributed by atoms with Gasteiger partial charge in [0.2, 0.25) is 0 Å². The van der Waals surface area contributed by atoms with Gasteiger partial charge in [-0.3, -0.25) is 4.79 Å². The van der Waals surface area contributed by atoms with Crippen molar-refractivity contribution in [1.82, 2.24) is 0 Å². The summed E-state index contributed by atoms with van der Waals surface area (Å²) >= 11 is 0. The lowest BCUT2D eigenvalue weighted by molar-refractivity contribution is -0.137. The fourth-order valence-electron chi connectivity index (χ4n) is 1.51. The molecule has 0 fully saturated rings. The topological polar surface area (TPSA) is 63.3 Å². The Labute approximate surface area is 107 Å². The molecule has 0 saturated carbocycles. The summed E-state index contributed by atoms with van der Waals surface area (Å²) in [4.78, 5) is 9.87. The van der Waals surface area contributed by atoms with Crippen molar-refractivity contribution in [3.63, 3.8) is 0 Å². The molecule has 3 N–H and O–H groups in total. The standard InChI is InChI=1S/C8H19N.C6H12O2/c1-3-5-6-8(4-2)7-9;1-2-3-4-5-6(7)8/h8H,3-7,9H2,1-2H3;2-5H2,1H3,(H,7,8). The lowest BCUT2D eigenvalue weighted by atomic mass is 10.00. The molecule has 1 unspecified atom stereocenters. The van der Waals surface area contributed by atoms with Crippen molar-refractivity contribution in [3.8, 4) is 0 Å². The average molecular weight is 245 g/mol. The van der Waals surface area contributed by atoms with Gasteiger partial charge in [-0.05, 0) is 25.3 Å². The first-order chi connectivity index (χ1) is 8.12. The third-order valence-electron chi connectivity index (χ3n) is 2.87. The molecule has 0 aliphatic rings. The summed E-state index contributed by atoms with van der Waals surface area (Å²) in [6, 6.07) is 0. The van der Waals surface area contributed by atoms with E-state index < -0.39 is 5.97 Å². The van der Waals surface area contributed by atoms with Crippen LogP contribution in [0.5, 0.6) is 0 Å². The zero-order valence-corrected chi connectivity index (χ0v) is 11.9. The Bertz CT molecular complexity index is 156. The van der Waals surface area contributed by atoms with Crippen molar-refractivity contribution in [2.75, 3.05) is 6.54 Å². The van der Waals surface area contributed by atoms with E-state index in [0.717, 1.165) is 31.7 Å². The fourth-order valence-corrected chi connectivity index (χ4v) is 1.51. The van der Waals surface area contributed by atoms with Gasteiger partial charge in [-0.2, -0.15) is 0 Å². The van der Waals surface area contributed by atoms with Crippen LogP contribution in [0.2, 0.25) is 0 Å². The van der Waals surface area contributed by atoms with Gasteiger partial charge in [-0.15, -0.1) is 0 Å². The molecule has 0 aliphatic heterocycles. The number of hydrogen-bond donors (Lipinski definition) is 2. The molecule has 0 saturated heterocycles. The van der Waals surface area contributed by atoms with E-state index in [-0.39, 0.29) is 0 Å². The highest BCUT2D eigenvalue weighted by molar-refractivity contribution is 5.66. The summed E-state index contributed by atoms with van der Waals surface area (Å²) in [5.74, 6) is 0.100. The van der Waals surface area contributed by atoms with Gasteiger partial charge < -0.3 is 10.8 Å². The van der Waals surface area contributed by atoms with Crippen molar-refractivity contribution in [2.45, 2.75) is 72.1 Å². The van der Waals surface area contributed by atoms with E-state index in [2.05, 4.69) is 20.8 Å². The Balaban J connectivity index is 0. The molecule has 3 nitrogen and oxygen atoms in total. The highest BCUT2D eigenvalue weighted by atomic mass is 16.4. The number of unbranched alkanes of at least 4 members (excludes halogenated alkanes) is 3. The van der Waals surface area contributed by atoms with E-state index in [9.17, 15) is 4.79 Å². The van der Waals surface area contributed by atoms with Gasteiger partial charge in [0.1, 0.15) is 0 Å². The van der Waals surface area contributed by atoms with Gasteiger partial charge >= 0.3 is 5.97 Å². The number of rotatable bonds is 9. The predicted octanol–water partition coefficient (Wildman–Crippen LogP) is 3.81. The molecule has 0 aromatic carbocycles. The Hall–Kier alpha value is -0.570. The number of carboxylic acid groups (broad SMARTS) is 1. The maximum Gasteiger partial charge on any atom is 0.303 e. The maximum absolute atomic E-state index is 9.87. The molecular formula is C14H31NO2. The van der Waals surface area contributed by atoms with Crippen molar-refractivity contribution in [2.24, 2.45) is 11.7 Å². The van der Waals surface area contributed by atoms with Gasteiger partial charge in [0.15, 0.2) is 0 Å². The van der Waals surface area contributed by atoms with E-state index in [1.807, 2.05) is 0 Å². The highest BCUT2D eigenvalue weighted by Gasteiger charge is 2.00. The van der Waals surface area contributed by atoms with Crippen molar-refractivity contribution in [3.05, 3.63) is 0 Å².